The number of aryl methyl sites for hydroxylation is 2. The lowest BCUT2D eigenvalue weighted by Crippen LogP contribution is -2.42. The number of hydrogen-bond donors (Lipinski definition) is 1. The van der Waals surface area contributed by atoms with E-state index in [1.54, 1.807) is 16.2 Å². The van der Waals surface area contributed by atoms with Crippen molar-refractivity contribution in [2.24, 2.45) is 5.92 Å². The Morgan fingerprint density at radius 3 is 2.80 bits per heavy atom. The van der Waals surface area contributed by atoms with E-state index in [9.17, 15) is 14.7 Å². The molecule has 1 aliphatic carbocycles. The van der Waals surface area contributed by atoms with Crippen LogP contribution in [0.25, 0.3) is 0 Å². The second kappa shape index (κ2) is 5.20. The molecule has 2 heterocycles. The molecular weight excluding hydrogens is 274 g/mol. The molecule has 0 aromatic carbocycles. The van der Waals surface area contributed by atoms with E-state index in [2.05, 4.69) is 0 Å². The molecule has 1 N–H and O–H groups in total. The fraction of sp³-hybridized carbons (Fsp3) is 0.600. The Bertz CT molecular complexity index is 528. The molecule has 0 bridgehead atoms. The fourth-order valence-electron chi connectivity index (χ4n) is 3.29. The van der Waals surface area contributed by atoms with Crippen LogP contribution in [0.2, 0.25) is 0 Å². The largest absolute Gasteiger partial charge is 0.480 e. The van der Waals surface area contributed by atoms with E-state index in [0.29, 0.717) is 6.54 Å². The van der Waals surface area contributed by atoms with Gasteiger partial charge < -0.3 is 10.0 Å². The number of carbonyl (C=O) groups excluding carboxylic acids is 1. The first-order chi connectivity index (χ1) is 9.58. The maximum atomic E-state index is 12.6. The molecule has 108 valence electrons. The number of carboxylic acids is 1. The number of likely N-dealkylation sites (tertiary alicyclic amines) is 1. The summed E-state index contributed by atoms with van der Waals surface area (Å²) in [6.07, 6.45) is 5.27. The molecule has 1 aromatic rings. The molecule has 2 atom stereocenters. The van der Waals surface area contributed by atoms with Crippen LogP contribution < -0.4 is 0 Å². The predicted octanol–water partition coefficient (Wildman–Crippen LogP) is 2.56. The maximum Gasteiger partial charge on any atom is 0.326 e. The monoisotopic (exact) mass is 293 g/mol. The summed E-state index contributed by atoms with van der Waals surface area (Å²) in [6.45, 7) is 2.46. The summed E-state index contributed by atoms with van der Waals surface area (Å²) in [6, 6.07) is 1.32. The quantitative estimate of drug-likeness (QED) is 0.911. The molecule has 1 saturated heterocycles. The van der Waals surface area contributed by atoms with E-state index < -0.39 is 12.0 Å². The van der Waals surface area contributed by atoms with E-state index in [4.69, 9.17) is 0 Å². The second-order valence-corrected chi connectivity index (χ2v) is 6.95. The van der Waals surface area contributed by atoms with Gasteiger partial charge in [0.2, 0.25) is 0 Å². The number of hydrogen-bond acceptors (Lipinski definition) is 3. The molecule has 3 rings (SSSR count). The molecule has 1 amide bonds. The number of nitrogens with zero attached hydrogens (tertiary/aromatic N) is 1. The molecule has 1 aliphatic heterocycles. The van der Waals surface area contributed by atoms with Crippen molar-refractivity contribution in [1.82, 2.24) is 4.90 Å². The standard InChI is InChI=1S/C15H19NO3S/c1-9-6-7-16(13(9)15(18)19)14(17)12-8-10-4-2-3-5-11(10)20-12/h8-9,13H,2-7H2,1H3,(H,18,19). The number of carboxylic acid groups (broad SMARTS) is 1. The van der Waals surface area contributed by atoms with E-state index in [1.165, 1.54) is 23.3 Å². The van der Waals surface area contributed by atoms with Crippen molar-refractivity contribution in [3.8, 4) is 0 Å². The van der Waals surface area contributed by atoms with Crippen LogP contribution in [0.4, 0.5) is 0 Å². The van der Waals surface area contributed by atoms with Crippen LogP contribution >= 0.6 is 11.3 Å². The van der Waals surface area contributed by atoms with Gasteiger partial charge in [-0.2, -0.15) is 0 Å². The molecule has 2 aliphatic rings. The molecule has 0 spiro atoms. The van der Waals surface area contributed by atoms with Crippen molar-refractivity contribution in [2.75, 3.05) is 6.54 Å². The lowest BCUT2D eigenvalue weighted by molar-refractivity contribution is -0.142. The summed E-state index contributed by atoms with van der Waals surface area (Å²) >= 11 is 1.56. The summed E-state index contributed by atoms with van der Waals surface area (Å²) in [5.74, 6) is -0.947. The Morgan fingerprint density at radius 2 is 2.10 bits per heavy atom. The molecular formula is C15H19NO3S. The third kappa shape index (κ3) is 2.24. The van der Waals surface area contributed by atoms with Gasteiger partial charge in [-0.25, -0.2) is 4.79 Å². The van der Waals surface area contributed by atoms with Crippen LogP contribution in [0.15, 0.2) is 6.07 Å². The first kappa shape index (κ1) is 13.6. The van der Waals surface area contributed by atoms with E-state index in [0.717, 1.165) is 24.1 Å². The van der Waals surface area contributed by atoms with Crippen molar-refractivity contribution in [3.63, 3.8) is 0 Å². The fourth-order valence-corrected chi connectivity index (χ4v) is 4.50. The highest BCUT2D eigenvalue weighted by molar-refractivity contribution is 7.14. The van der Waals surface area contributed by atoms with Gasteiger partial charge in [0.25, 0.3) is 5.91 Å². The van der Waals surface area contributed by atoms with Crippen LogP contribution in [0.3, 0.4) is 0 Å². The minimum absolute atomic E-state index is 0.0334. The summed E-state index contributed by atoms with van der Waals surface area (Å²) in [5, 5.41) is 9.32. The van der Waals surface area contributed by atoms with Crippen LogP contribution in [-0.4, -0.2) is 34.5 Å². The first-order valence-electron chi connectivity index (χ1n) is 7.23. The van der Waals surface area contributed by atoms with Crippen molar-refractivity contribution in [2.45, 2.75) is 45.1 Å². The van der Waals surface area contributed by atoms with Crippen molar-refractivity contribution < 1.29 is 14.7 Å². The number of carbonyl (C=O) groups is 2. The first-order valence-corrected chi connectivity index (χ1v) is 8.05. The number of fused-ring (bicyclic) bond motifs is 1. The van der Waals surface area contributed by atoms with Gasteiger partial charge >= 0.3 is 5.97 Å². The minimum Gasteiger partial charge on any atom is -0.480 e. The zero-order chi connectivity index (χ0) is 14.3. The van der Waals surface area contributed by atoms with Gasteiger partial charge in [0.05, 0.1) is 4.88 Å². The Labute approximate surface area is 122 Å². The third-order valence-corrected chi connectivity index (χ3v) is 5.65. The Hall–Kier alpha value is -1.36. The highest BCUT2D eigenvalue weighted by Gasteiger charge is 2.40. The summed E-state index contributed by atoms with van der Waals surface area (Å²) in [4.78, 5) is 27.5. The van der Waals surface area contributed by atoms with Gasteiger partial charge in [0.1, 0.15) is 6.04 Å². The SMILES string of the molecule is CC1CCN(C(=O)c2cc3c(s2)CCCC3)C1C(=O)O. The van der Waals surface area contributed by atoms with Crippen LogP contribution in [-0.2, 0) is 17.6 Å². The average molecular weight is 293 g/mol. The van der Waals surface area contributed by atoms with Gasteiger partial charge in [0, 0.05) is 11.4 Å². The van der Waals surface area contributed by atoms with Crippen LogP contribution in [0.1, 0.15) is 46.3 Å². The van der Waals surface area contributed by atoms with Crippen molar-refractivity contribution >= 4 is 23.2 Å². The zero-order valence-electron chi connectivity index (χ0n) is 11.6. The molecule has 0 radical (unpaired) electrons. The van der Waals surface area contributed by atoms with E-state index in [-0.39, 0.29) is 11.8 Å². The van der Waals surface area contributed by atoms with Gasteiger partial charge in [-0.1, -0.05) is 6.92 Å². The molecule has 2 unspecified atom stereocenters. The smallest absolute Gasteiger partial charge is 0.326 e. The number of rotatable bonds is 2. The minimum atomic E-state index is -0.885. The number of aliphatic carboxylic acids is 1. The molecule has 1 aromatic heterocycles. The van der Waals surface area contributed by atoms with Crippen molar-refractivity contribution in [3.05, 3.63) is 21.4 Å². The summed E-state index contributed by atoms with van der Waals surface area (Å²) < 4.78 is 0. The van der Waals surface area contributed by atoms with Gasteiger partial charge in [0.15, 0.2) is 0 Å². The third-order valence-electron chi connectivity index (χ3n) is 4.42. The van der Waals surface area contributed by atoms with E-state index >= 15 is 0 Å². The van der Waals surface area contributed by atoms with Gasteiger partial charge in [-0.15, -0.1) is 11.3 Å². The zero-order valence-corrected chi connectivity index (χ0v) is 12.4. The highest BCUT2D eigenvalue weighted by Crippen LogP contribution is 2.32. The normalized spacial score (nSPS) is 25.6. The Balaban J connectivity index is 1.85. The number of amides is 1. The maximum absolute atomic E-state index is 12.6. The molecule has 20 heavy (non-hydrogen) atoms. The molecule has 4 nitrogen and oxygen atoms in total. The highest BCUT2D eigenvalue weighted by atomic mass is 32.1. The lowest BCUT2D eigenvalue weighted by atomic mass is 9.99. The molecule has 0 saturated carbocycles. The lowest BCUT2D eigenvalue weighted by Gasteiger charge is -2.22. The molecule has 5 heteroatoms. The molecule has 1 fully saturated rings. The van der Waals surface area contributed by atoms with Crippen molar-refractivity contribution in [1.29, 1.82) is 0 Å². The average Bonchev–Trinajstić information content (AvgIpc) is 3.00. The number of thiophene rings is 1. The van der Waals surface area contributed by atoms with Gasteiger partial charge in [-0.05, 0) is 49.7 Å². The Morgan fingerprint density at radius 1 is 1.35 bits per heavy atom. The van der Waals surface area contributed by atoms with E-state index in [1.807, 2.05) is 13.0 Å². The predicted molar refractivity (Wildman–Crippen MR) is 77.2 cm³/mol. The van der Waals surface area contributed by atoms with Crippen LogP contribution in [0, 0.1) is 5.92 Å². The summed E-state index contributed by atoms with van der Waals surface area (Å²) in [5.41, 5.74) is 1.30. The second-order valence-electron chi connectivity index (χ2n) is 5.81. The van der Waals surface area contributed by atoms with Crippen LogP contribution in [0.5, 0.6) is 0 Å². The Kier molecular flexibility index (Phi) is 3.54. The summed E-state index contributed by atoms with van der Waals surface area (Å²) in [7, 11) is 0. The van der Waals surface area contributed by atoms with Gasteiger partial charge in [-0.3, -0.25) is 4.79 Å². The topological polar surface area (TPSA) is 57.6 Å².